The van der Waals surface area contributed by atoms with Gasteiger partial charge < -0.3 is 4.90 Å². The summed E-state index contributed by atoms with van der Waals surface area (Å²) in [6, 6.07) is 14.7. The molecule has 0 spiro atoms. The third-order valence-corrected chi connectivity index (χ3v) is 3.11. The first-order valence-electron chi connectivity index (χ1n) is 6.45. The average molecular weight is 252 g/mol. The average Bonchev–Trinajstić information content (AvgIpc) is 2.38. The predicted octanol–water partition coefficient (Wildman–Crippen LogP) is 4.12. The van der Waals surface area contributed by atoms with E-state index in [1.54, 1.807) is 0 Å². The summed E-state index contributed by atoms with van der Waals surface area (Å²) in [5.74, 6) is 0. The number of anilines is 1. The molecule has 2 rings (SSSR count). The fourth-order valence-electron chi connectivity index (χ4n) is 1.95. The first-order chi connectivity index (χ1) is 9.06. The van der Waals surface area contributed by atoms with Gasteiger partial charge in [0.2, 0.25) is 0 Å². The standard InChI is InChI=1S/C17H20N2/c1-13-5-10-17(14(2)11-13)18-12-15-6-8-16(9-7-15)19(3)4/h5-12H,1-4H3. The molecule has 0 aliphatic heterocycles. The molecule has 19 heavy (non-hydrogen) atoms. The van der Waals surface area contributed by atoms with Crippen LogP contribution in [0, 0.1) is 13.8 Å². The fraction of sp³-hybridized carbons (Fsp3) is 0.235. The van der Waals surface area contributed by atoms with Gasteiger partial charge in [-0.15, -0.1) is 0 Å². The molecular formula is C17H20N2. The molecule has 0 saturated carbocycles. The van der Waals surface area contributed by atoms with E-state index in [1.807, 2.05) is 20.3 Å². The lowest BCUT2D eigenvalue weighted by Gasteiger charge is -2.11. The fourth-order valence-corrected chi connectivity index (χ4v) is 1.95. The number of aryl methyl sites for hydroxylation is 2. The molecule has 2 heteroatoms. The van der Waals surface area contributed by atoms with E-state index in [0.717, 1.165) is 11.3 Å². The quantitative estimate of drug-likeness (QED) is 0.750. The Morgan fingerprint density at radius 2 is 1.63 bits per heavy atom. The van der Waals surface area contributed by atoms with Crippen LogP contribution < -0.4 is 4.90 Å². The van der Waals surface area contributed by atoms with Gasteiger partial charge in [0, 0.05) is 26.0 Å². The molecule has 2 nitrogen and oxygen atoms in total. The third kappa shape index (κ3) is 3.44. The van der Waals surface area contributed by atoms with Crippen LogP contribution in [0.2, 0.25) is 0 Å². The second-order valence-corrected chi connectivity index (χ2v) is 5.03. The van der Waals surface area contributed by atoms with Crippen molar-refractivity contribution in [2.45, 2.75) is 13.8 Å². The van der Waals surface area contributed by atoms with E-state index >= 15 is 0 Å². The number of benzene rings is 2. The van der Waals surface area contributed by atoms with Crippen LogP contribution in [0.3, 0.4) is 0 Å². The SMILES string of the molecule is Cc1ccc(N=Cc2ccc(N(C)C)cc2)c(C)c1. The maximum atomic E-state index is 4.55. The smallest absolute Gasteiger partial charge is 0.0659 e. The van der Waals surface area contributed by atoms with Gasteiger partial charge in [-0.1, -0.05) is 29.8 Å². The van der Waals surface area contributed by atoms with Crippen molar-refractivity contribution in [1.82, 2.24) is 0 Å². The maximum absolute atomic E-state index is 4.55. The zero-order chi connectivity index (χ0) is 13.8. The first kappa shape index (κ1) is 13.3. The Morgan fingerprint density at radius 3 is 2.21 bits per heavy atom. The zero-order valence-corrected chi connectivity index (χ0v) is 12.0. The van der Waals surface area contributed by atoms with Crippen LogP contribution in [0.4, 0.5) is 11.4 Å². The molecule has 0 radical (unpaired) electrons. The summed E-state index contributed by atoms with van der Waals surface area (Å²) >= 11 is 0. The van der Waals surface area contributed by atoms with Crippen LogP contribution in [0.15, 0.2) is 47.5 Å². The molecule has 2 aromatic rings. The minimum atomic E-state index is 1.03. The summed E-state index contributed by atoms with van der Waals surface area (Å²) in [4.78, 5) is 6.64. The van der Waals surface area contributed by atoms with E-state index in [4.69, 9.17) is 0 Å². The van der Waals surface area contributed by atoms with Crippen LogP contribution in [-0.2, 0) is 0 Å². The molecule has 0 fully saturated rings. The number of hydrogen-bond donors (Lipinski definition) is 0. The highest BCUT2D eigenvalue weighted by Gasteiger charge is 1.97. The summed E-state index contributed by atoms with van der Waals surface area (Å²) in [6.07, 6.45) is 1.91. The molecule has 0 bridgehead atoms. The van der Waals surface area contributed by atoms with Crippen molar-refractivity contribution in [3.05, 3.63) is 59.2 Å². The summed E-state index contributed by atoms with van der Waals surface area (Å²) in [5.41, 5.74) is 5.82. The Morgan fingerprint density at radius 1 is 0.947 bits per heavy atom. The molecule has 2 aromatic carbocycles. The van der Waals surface area contributed by atoms with Crippen molar-refractivity contribution in [2.24, 2.45) is 4.99 Å². The second kappa shape index (κ2) is 5.70. The Bertz CT molecular complexity index is 581. The van der Waals surface area contributed by atoms with Gasteiger partial charge in [0.05, 0.1) is 5.69 Å². The topological polar surface area (TPSA) is 15.6 Å². The number of rotatable bonds is 3. The molecule has 0 aromatic heterocycles. The highest BCUT2D eigenvalue weighted by molar-refractivity contribution is 5.83. The van der Waals surface area contributed by atoms with Gasteiger partial charge in [0.25, 0.3) is 0 Å². The van der Waals surface area contributed by atoms with E-state index < -0.39 is 0 Å². The monoisotopic (exact) mass is 252 g/mol. The Hall–Kier alpha value is -2.09. The van der Waals surface area contributed by atoms with Crippen molar-refractivity contribution < 1.29 is 0 Å². The number of nitrogens with zero attached hydrogens (tertiary/aromatic N) is 2. The molecule has 0 saturated heterocycles. The van der Waals surface area contributed by atoms with Crippen LogP contribution in [0.1, 0.15) is 16.7 Å². The number of aliphatic imine (C=N–C) groups is 1. The van der Waals surface area contributed by atoms with Crippen molar-refractivity contribution in [2.75, 3.05) is 19.0 Å². The number of hydrogen-bond acceptors (Lipinski definition) is 2. The summed E-state index contributed by atoms with van der Waals surface area (Å²) < 4.78 is 0. The van der Waals surface area contributed by atoms with Gasteiger partial charge in [0.1, 0.15) is 0 Å². The van der Waals surface area contributed by atoms with Crippen LogP contribution >= 0.6 is 0 Å². The molecule has 0 N–H and O–H groups in total. The van der Waals surface area contributed by atoms with Gasteiger partial charge in [-0.3, -0.25) is 4.99 Å². The summed E-state index contributed by atoms with van der Waals surface area (Å²) in [7, 11) is 4.08. The molecule has 0 aliphatic carbocycles. The molecule has 0 unspecified atom stereocenters. The summed E-state index contributed by atoms with van der Waals surface area (Å²) in [6.45, 7) is 4.19. The molecule has 0 aliphatic rings. The highest BCUT2D eigenvalue weighted by Crippen LogP contribution is 2.19. The maximum Gasteiger partial charge on any atom is 0.0659 e. The normalized spacial score (nSPS) is 10.9. The van der Waals surface area contributed by atoms with E-state index in [0.29, 0.717) is 0 Å². The first-order valence-corrected chi connectivity index (χ1v) is 6.45. The molecule has 98 valence electrons. The van der Waals surface area contributed by atoms with Gasteiger partial charge >= 0.3 is 0 Å². The van der Waals surface area contributed by atoms with Crippen molar-refractivity contribution in [3.63, 3.8) is 0 Å². The Labute approximate surface area is 115 Å². The van der Waals surface area contributed by atoms with Crippen molar-refractivity contribution in [1.29, 1.82) is 0 Å². The predicted molar refractivity (Wildman–Crippen MR) is 83.9 cm³/mol. The second-order valence-electron chi connectivity index (χ2n) is 5.03. The molecule has 0 amide bonds. The Kier molecular flexibility index (Phi) is 4.00. The largest absolute Gasteiger partial charge is 0.378 e. The van der Waals surface area contributed by atoms with E-state index in [1.165, 1.54) is 16.8 Å². The van der Waals surface area contributed by atoms with Crippen molar-refractivity contribution >= 4 is 17.6 Å². The van der Waals surface area contributed by atoms with Gasteiger partial charge in [-0.05, 0) is 43.2 Å². The van der Waals surface area contributed by atoms with Gasteiger partial charge in [0.15, 0.2) is 0 Å². The lowest BCUT2D eigenvalue weighted by Crippen LogP contribution is -2.08. The zero-order valence-electron chi connectivity index (χ0n) is 12.0. The molecule has 0 atom stereocenters. The lowest BCUT2D eigenvalue weighted by molar-refractivity contribution is 1.13. The minimum absolute atomic E-state index is 1.03. The molecular weight excluding hydrogens is 232 g/mol. The van der Waals surface area contributed by atoms with Gasteiger partial charge in [-0.2, -0.15) is 0 Å². The van der Waals surface area contributed by atoms with Crippen LogP contribution in [-0.4, -0.2) is 20.3 Å². The lowest BCUT2D eigenvalue weighted by atomic mass is 10.1. The van der Waals surface area contributed by atoms with Crippen LogP contribution in [0.25, 0.3) is 0 Å². The van der Waals surface area contributed by atoms with Crippen molar-refractivity contribution in [3.8, 4) is 0 Å². The van der Waals surface area contributed by atoms with Gasteiger partial charge in [-0.25, -0.2) is 0 Å². The van der Waals surface area contributed by atoms with E-state index in [2.05, 4.69) is 66.2 Å². The summed E-state index contributed by atoms with van der Waals surface area (Å²) in [5, 5.41) is 0. The third-order valence-electron chi connectivity index (χ3n) is 3.11. The van der Waals surface area contributed by atoms with Crippen LogP contribution in [0.5, 0.6) is 0 Å². The minimum Gasteiger partial charge on any atom is -0.378 e. The van der Waals surface area contributed by atoms with E-state index in [9.17, 15) is 0 Å². The Balaban J connectivity index is 2.18. The van der Waals surface area contributed by atoms with E-state index in [-0.39, 0.29) is 0 Å². The highest BCUT2D eigenvalue weighted by atomic mass is 15.1. The molecule has 0 heterocycles.